The highest BCUT2D eigenvalue weighted by atomic mass is 16.5. The third kappa shape index (κ3) is 16.3. The van der Waals surface area contributed by atoms with E-state index in [4.69, 9.17) is 9.47 Å². The Balaban J connectivity index is 3.64. The van der Waals surface area contributed by atoms with Crippen LogP contribution in [0.25, 0.3) is 0 Å². The second kappa shape index (κ2) is 17.3. The second-order valence-electron chi connectivity index (χ2n) is 6.87. The van der Waals surface area contributed by atoms with Gasteiger partial charge in [-0.05, 0) is 12.8 Å². The van der Waals surface area contributed by atoms with Gasteiger partial charge >= 0.3 is 11.9 Å². The van der Waals surface area contributed by atoms with Gasteiger partial charge in [-0.1, -0.05) is 65.2 Å². The van der Waals surface area contributed by atoms with Gasteiger partial charge in [0.15, 0.2) is 0 Å². The maximum absolute atomic E-state index is 11.6. The summed E-state index contributed by atoms with van der Waals surface area (Å²) in [5.74, 6) is -1.04. The molecular weight excluding hydrogens is 336 g/mol. The Kier molecular flexibility index (Phi) is 16.5. The molecule has 0 aromatic heterocycles. The molecule has 0 aliphatic heterocycles. The van der Waals surface area contributed by atoms with Crippen molar-refractivity contribution in [3.8, 4) is 0 Å². The summed E-state index contributed by atoms with van der Waals surface area (Å²) in [4.78, 5) is 23.2. The first-order valence-electron chi connectivity index (χ1n) is 10.2. The molecule has 6 nitrogen and oxygen atoms in total. The van der Waals surface area contributed by atoms with Crippen LogP contribution >= 0.6 is 0 Å². The van der Waals surface area contributed by atoms with Gasteiger partial charge in [-0.25, -0.2) is 0 Å². The normalized spacial score (nSPS) is 13.2. The standard InChI is InChI=1S/C20H38O6/c1-3-5-7-9-11-17(21)15-25-19(23)13-14-20(24)26-16-18(22)12-10-8-6-4-2/h17-18,21-22H,3-16H2,1-2H3. The van der Waals surface area contributed by atoms with E-state index in [-0.39, 0.29) is 26.1 Å². The van der Waals surface area contributed by atoms with Crippen molar-refractivity contribution in [2.45, 2.75) is 103 Å². The van der Waals surface area contributed by atoms with E-state index in [1.54, 1.807) is 0 Å². The van der Waals surface area contributed by atoms with E-state index < -0.39 is 24.1 Å². The summed E-state index contributed by atoms with van der Waals surface area (Å²) in [6.45, 7) is 4.18. The first kappa shape index (κ1) is 24.9. The molecule has 0 rings (SSSR count). The van der Waals surface area contributed by atoms with Crippen LogP contribution in [0.2, 0.25) is 0 Å². The van der Waals surface area contributed by atoms with Gasteiger partial charge in [-0.15, -0.1) is 0 Å². The largest absolute Gasteiger partial charge is 0.463 e. The fraction of sp³-hybridized carbons (Fsp3) is 0.900. The molecule has 0 aromatic carbocycles. The van der Waals surface area contributed by atoms with E-state index in [1.807, 2.05) is 0 Å². The van der Waals surface area contributed by atoms with E-state index in [9.17, 15) is 19.8 Å². The highest BCUT2D eigenvalue weighted by Crippen LogP contribution is 2.08. The summed E-state index contributed by atoms with van der Waals surface area (Å²) in [7, 11) is 0. The van der Waals surface area contributed by atoms with Crippen LogP contribution in [-0.2, 0) is 19.1 Å². The minimum absolute atomic E-state index is 0.0313. The molecule has 6 heteroatoms. The molecule has 0 bridgehead atoms. The maximum Gasteiger partial charge on any atom is 0.306 e. The van der Waals surface area contributed by atoms with Gasteiger partial charge in [0.25, 0.3) is 0 Å². The third-order valence-corrected chi connectivity index (χ3v) is 4.19. The van der Waals surface area contributed by atoms with Crippen LogP contribution in [0.15, 0.2) is 0 Å². The molecule has 2 unspecified atom stereocenters. The summed E-state index contributed by atoms with van der Waals surface area (Å²) in [5, 5.41) is 19.5. The molecule has 0 saturated carbocycles. The maximum atomic E-state index is 11.6. The Morgan fingerprint density at radius 1 is 0.692 bits per heavy atom. The summed E-state index contributed by atoms with van der Waals surface area (Å²) in [6, 6.07) is 0. The molecule has 154 valence electrons. The molecular formula is C20H38O6. The Labute approximate surface area is 158 Å². The van der Waals surface area contributed by atoms with Crippen LogP contribution in [0.5, 0.6) is 0 Å². The van der Waals surface area contributed by atoms with Gasteiger partial charge in [-0.3, -0.25) is 9.59 Å². The molecule has 0 aromatic rings. The lowest BCUT2D eigenvalue weighted by atomic mass is 10.1. The average molecular weight is 375 g/mol. The van der Waals surface area contributed by atoms with Gasteiger partial charge in [0, 0.05) is 0 Å². The second-order valence-corrected chi connectivity index (χ2v) is 6.87. The molecule has 0 amide bonds. The number of hydrogen-bond acceptors (Lipinski definition) is 6. The van der Waals surface area contributed by atoms with Gasteiger partial charge < -0.3 is 19.7 Å². The summed E-state index contributed by atoms with van der Waals surface area (Å²) in [6.07, 6.45) is 8.31. The topological polar surface area (TPSA) is 93.1 Å². The molecule has 0 aliphatic rings. The van der Waals surface area contributed by atoms with Crippen LogP contribution in [0, 0.1) is 0 Å². The van der Waals surface area contributed by atoms with Crippen molar-refractivity contribution in [2.75, 3.05) is 13.2 Å². The smallest absolute Gasteiger partial charge is 0.306 e. The van der Waals surface area contributed by atoms with Crippen molar-refractivity contribution >= 4 is 11.9 Å². The van der Waals surface area contributed by atoms with Gasteiger partial charge in [0.1, 0.15) is 13.2 Å². The molecule has 2 N–H and O–H groups in total. The highest BCUT2D eigenvalue weighted by Gasteiger charge is 2.13. The van der Waals surface area contributed by atoms with Crippen molar-refractivity contribution in [3.05, 3.63) is 0 Å². The monoisotopic (exact) mass is 374 g/mol. The third-order valence-electron chi connectivity index (χ3n) is 4.19. The van der Waals surface area contributed by atoms with E-state index in [0.717, 1.165) is 51.4 Å². The zero-order valence-electron chi connectivity index (χ0n) is 16.6. The Morgan fingerprint density at radius 3 is 1.42 bits per heavy atom. The highest BCUT2D eigenvalue weighted by molar-refractivity contribution is 5.77. The molecule has 0 saturated heterocycles. The van der Waals surface area contributed by atoms with E-state index in [2.05, 4.69) is 13.8 Å². The molecule has 0 spiro atoms. The van der Waals surface area contributed by atoms with Crippen LogP contribution in [0.4, 0.5) is 0 Å². The van der Waals surface area contributed by atoms with Crippen molar-refractivity contribution in [1.82, 2.24) is 0 Å². The Morgan fingerprint density at radius 2 is 1.08 bits per heavy atom. The Hall–Kier alpha value is -1.14. The van der Waals surface area contributed by atoms with E-state index in [0.29, 0.717) is 12.8 Å². The van der Waals surface area contributed by atoms with Gasteiger partial charge in [0.05, 0.1) is 25.0 Å². The number of hydrogen-bond donors (Lipinski definition) is 2. The zero-order chi connectivity index (χ0) is 19.6. The minimum Gasteiger partial charge on any atom is -0.463 e. The van der Waals surface area contributed by atoms with Gasteiger partial charge in [-0.2, -0.15) is 0 Å². The van der Waals surface area contributed by atoms with Crippen LogP contribution in [-0.4, -0.2) is 47.6 Å². The lowest BCUT2D eigenvalue weighted by molar-refractivity contribution is -0.153. The van der Waals surface area contributed by atoms with Gasteiger partial charge in [0.2, 0.25) is 0 Å². The number of carbonyl (C=O) groups is 2. The predicted molar refractivity (Wildman–Crippen MR) is 101 cm³/mol. The lowest BCUT2D eigenvalue weighted by Gasteiger charge is -2.12. The van der Waals surface area contributed by atoms with Crippen LogP contribution in [0.1, 0.15) is 90.9 Å². The van der Waals surface area contributed by atoms with Crippen molar-refractivity contribution in [1.29, 1.82) is 0 Å². The summed E-state index contributed by atoms with van der Waals surface area (Å²) < 4.78 is 9.93. The molecule has 0 heterocycles. The van der Waals surface area contributed by atoms with Crippen molar-refractivity contribution in [2.24, 2.45) is 0 Å². The Bertz CT molecular complexity index is 324. The summed E-state index contributed by atoms with van der Waals surface area (Å²) >= 11 is 0. The quantitative estimate of drug-likeness (QED) is 0.299. The minimum atomic E-state index is -0.648. The first-order valence-corrected chi connectivity index (χ1v) is 10.2. The number of carbonyl (C=O) groups excluding carboxylic acids is 2. The first-order chi connectivity index (χ1) is 12.5. The van der Waals surface area contributed by atoms with Crippen LogP contribution < -0.4 is 0 Å². The number of unbranched alkanes of at least 4 members (excludes halogenated alkanes) is 6. The van der Waals surface area contributed by atoms with Crippen molar-refractivity contribution in [3.63, 3.8) is 0 Å². The number of esters is 2. The fourth-order valence-corrected chi connectivity index (χ4v) is 2.51. The number of aliphatic hydroxyl groups is 2. The molecule has 0 fully saturated rings. The molecule has 2 atom stereocenters. The molecule has 26 heavy (non-hydrogen) atoms. The number of aliphatic hydroxyl groups excluding tert-OH is 2. The van der Waals surface area contributed by atoms with E-state index in [1.165, 1.54) is 0 Å². The predicted octanol–water partition coefficient (Wildman–Crippen LogP) is 3.52. The van der Waals surface area contributed by atoms with E-state index >= 15 is 0 Å². The molecule has 0 radical (unpaired) electrons. The van der Waals surface area contributed by atoms with Crippen molar-refractivity contribution < 1.29 is 29.3 Å². The zero-order valence-corrected chi connectivity index (χ0v) is 16.6. The SMILES string of the molecule is CCCCCCC(O)COC(=O)CCC(=O)OCC(O)CCCCCC. The number of ether oxygens (including phenoxy) is 2. The average Bonchev–Trinajstić information content (AvgIpc) is 2.63. The summed E-state index contributed by atoms with van der Waals surface area (Å²) in [5.41, 5.74) is 0. The van der Waals surface area contributed by atoms with Crippen LogP contribution in [0.3, 0.4) is 0 Å². The fourth-order valence-electron chi connectivity index (χ4n) is 2.51. The number of rotatable bonds is 17. The lowest BCUT2D eigenvalue weighted by Crippen LogP contribution is -2.21. The molecule has 0 aliphatic carbocycles.